The average Bonchev–Trinajstić information content (AvgIpc) is 3.08. The van der Waals surface area contributed by atoms with Crippen LogP contribution < -0.4 is 0 Å². The van der Waals surface area contributed by atoms with Crippen LogP contribution in [0, 0.1) is 0 Å². The fourth-order valence-corrected chi connectivity index (χ4v) is 4.24. The first-order chi connectivity index (χ1) is 13.3. The second-order valence-electron chi connectivity index (χ2n) is 8.26. The van der Waals surface area contributed by atoms with Crippen LogP contribution in [0.3, 0.4) is 0 Å². The molecule has 0 aliphatic carbocycles. The summed E-state index contributed by atoms with van der Waals surface area (Å²) in [5.74, 6) is 1.36. The molecule has 0 amide bonds. The summed E-state index contributed by atoms with van der Waals surface area (Å²) in [5.41, 5.74) is 0. The van der Waals surface area contributed by atoms with Gasteiger partial charge in [0.25, 0.3) is 0 Å². The minimum absolute atomic E-state index is 0.280. The number of hydrogen-bond donors (Lipinski definition) is 1. The predicted octanol–water partition coefficient (Wildman–Crippen LogP) is 6.27. The second kappa shape index (κ2) is 16.3. The van der Waals surface area contributed by atoms with Crippen LogP contribution >= 0.6 is 0 Å². The van der Waals surface area contributed by atoms with E-state index in [1.54, 1.807) is 0 Å². The van der Waals surface area contributed by atoms with Crippen molar-refractivity contribution in [2.45, 2.75) is 104 Å². The summed E-state index contributed by atoms with van der Waals surface area (Å²) in [6, 6.07) is 0. The van der Waals surface area contributed by atoms with E-state index < -0.39 is 0 Å². The van der Waals surface area contributed by atoms with Gasteiger partial charge in [-0.25, -0.2) is 4.99 Å². The van der Waals surface area contributed by atoms with E-state index in [9.17, 15) is 5.11 Å². The smallest absolute Gasteiger partial charge is 0.198 e. The Morgan fingerprint density at radius 3 is 2.04 bits per heavy atom. The number of amidine groups is 1. The first kappa shape index (κ1) is 24.4. The van der Waals surface area contributed by atoms with Crippen LogP contribution in [0.1, 0.15) is 104 Å². The number of allylic oxidation sites excluding steroid dienone is 2. The van der Waals surface area contributed by atoms with Gasteiger partial charge >= 0.3 is 0 Å². The van der Waals surface area contributed by atoms with Crippen molar-refractivity contribution < 1.29 is 9.59 Å². The lowest BCUT2D eigenvalue weighted by molar-refractivity contribution is -0.835. The Morgan fingerprint density at radius 1 is 0.852 bits per heavy atom. The Kier molecular flexibility index (Phi) is 14.7. The molecule has 0 radical (unpaired) electrons. The van der Waals surface area contributed by atoms with Gasteiger partial charge in [-0.1, -0.05) is 76.9 Å². The molecule has 0 spiro atoms. The van der Waals surface area contributed by atoms with Crippen molar-refractivity contribution in [3.63, 3.8) is 0 Å². The van der Waals surface area contributed by atoms with Crippen LogP contribution in [0.5, 0.6) is 0 Å². The minimum atomic E-state index is 0.280. The zero-order valence-electron chi connectivity index (χ0n) is 18.4. The molecule has 1 unspecified atom stereocenters. The molecule has 3 heteroatoms. The number of aliphatic imine (C=N–C) groups is 1. The molecule has 1 atom stereocenters. The van der Waals surface area contributed by atoms with E-state index in [1.165, 1.54) is 89.3 Å². The number of nitrogens with zero attached hydrogens (tertiary/aromatic N) is 2. The maximum absolute atomic E-state index is 9.37. The highest BCUT2D eigenvalue weighted by Gasteiger charge is 2.35. The summed E-state index contributed by atoms with van der Waals surface area (Å²) >= 11 is 0. The van der Waals surface area contributed by atoms with Crippen LogP contribution in [-0.2, 0) is 0 Å². The van der Waals surface area contributed by atoms with Crippen LogP contribution in [0.2, 0.25) is 0 Å². The van der Waals surface area contributed by atoms with E-state index in [1.807, 2.05) is 0 Å². The van der Waals surface area contributed by atoms with Crippen molar-refractivity contribution in [2.75, 3.05) is 32.8 Å². The van der Waals surface area contributed by atoms with Crippen LogP contribution in [-0.4, -0.2) is 48.2 Å². The van der Waals surface area contributed by atoms with Crippen molar-refractivity contribution in [3.8, 4) is 0 Å². The quantitative estimate of drug-likeness (QED) is 0.170. The molecule has 0 saturated carbocycles. The first-order valence-corrected chi connectivity index (χ1v) is 11.9. The Labute approximate surface area is 169 Å². The Balaban J connectivity index is 1.91. The summed E-state index contributed by atoms with van der Waals surface area (Å²) in [4.78, 5) is 4.76. The molecule has 0 fully saturated rings. The Morgan fingerprint density at radius 2 is 1.44 bits per heavy atom. The highest BCUT2D eigenvalue weighted by molar-refractivity contribution is 5.76. The normalized spacial score (nSPS) is 19.9. The van der Waals surface area contributed by atoms with Gasteiger partial charge in [0.15, 0.2) is 5.84 Å². The van der Waals surface area contributed by atoms with Gasteiger partial charge in [-0.2, -0.15) is 0 Å². The van der Waals surface area contributed by atoms with Gasteiger partial charge in [-0.15, -0.1) is 0 Å². The number of hydrogen-bond acceptors (Lipinski definition) is 2. The average molecular weight is 380 g/mol. The van der Waals surface area contributed by atoms with Crippen molar-refractivity contribution >= 4 is 5.84 Å². The molecule has 0 bridgehead atoms. The molecule has 0 aromatic rings. The summed E-state index contributed by atoms with van der Waals surface area (Å²) in [5, 5.41) is 9.37. The number of likely N-dealkylation sites (N-methyl/N-ethyl adjacent to an activating group) is 1. The predicted molar refractivity (Wildman–Crippen MR) is 119 cm³/mol. The maximum Gasteiger partial charge on any atom is 0.198 e. The van der Waals surface area contributed by atoms with E-state index in [-0.39, 0.29) is 6.61 Å². The zero-order chi connectivity index (χ0) is 19.6. The molecule has 1 N–H and O–H groups in total. The van der Waals surface area contributed by atoms with Crippen LogP contribution in [0.25, 0.3) is 0 Å². The summed E-state index contributed by atoms with van der Waals surface area (Å²) in [6.45, 7) is 8.76. The van der Waals surface area contributed by atoms with E-state index >= 15 is 0 Å². The van der Waals surface area contributed by atoms with Crippen molar-refractivity contribution in [1.82, 2.24) is 0 Å². The summed E-state index contributed by atoms with van der Waals surface area (Å²) < 4.78 is 0.949. The molecule has 1 heterocycles. The lowest BCUT2D eigenvalue weighted by Crippen LogP contribution is -2.52. The van der Waals surface area contributed by atoms with E-state index in [0.717, 1.165) is 37.1 Å². The van der Waals surface area contributed by atoms with E-state index in [0.29, 0.717) is 0 Å². The summed E-state index contributed by atoms with van der Waals surface area (Å²) in [6.07, 6.45) is 23.5. The minimum Gasteiger partial charge on any atom is -0.390 e. The Hall–Kier alpha value is -0.670. The van der Waals surface area contributed by atoms with Crippen molar-refractivity contribution in [2.24, 2.45) is 4.99 Å². The summed E-state index contributed by atoms with van der Waals surface area (Å²) in [7, 11) is 0. The third kappa shape index (κ3) is 10.4. The molecule has 158 valence electrons. The zero-order valence-corrected chi connectivity index (χ0v) is 18.4. The molecular formula is C24H47N2O+. The van der Waals surface area contributed by atoms with Gasteiger partial charge in [0, 0.05) is 6.42 Å². The van der Waals surface area contributed by atoms with Crippen molar-refractivity contribution in [3.05, 3.63) is 12.2 Å². The molecule has 27 heavy (non-hydrogen) atoms. The molecule has 0 aromatic heterocycles. The number of unbranched alkanes of at least 4 members (excludes halogenated alkanes) is 11. The molecule has 0 aromatic carbocycles. The van der Waals surface area contributed by atoms with Gasteiger partial charge in [-0.3, -0.25) is 4.48 Å². The third-order valence-electron chi connectivity index (χ3n) is 6.17. The maximum atomic E-state index is 9.37. The third-order valence-corrected chi connectivity index (χ3v) is 6.17. The van der Waals surface area contributed by atoms with Gasteiger partial charge in [0.05, 0.1) is 19.7 Å². The number of aliphatic hydroxyl groups excluding tert-OH is 1. The standard InChI is InChI=1S/C24H47N2O/c1-3-5-6-7-8-9-10-11-12-13-14-15-16-17-18-19-24-25-20-21-26(24,4-2)22-23-27/h7-8,27H,3-6,9-23H2,1-2H3/q+1/b8-7+. The van der Waals surface area contributed by atoms with Crippen molar-refractivity contribution in [1.29, 1.82) is 0 Å². The largest absolute Gasteiger partial charge is 0.390 e. The van der Waals surface area contributed by atoms with Gasteiger partial charge in [-0.05, 0) is 32.6 Å². The van der Waals surface area contributed by atoms with Gasteiger partial charge in [0.2, 0.25) is 0 Å². The SMILES string of the molecule is CCCC/C=C/CCCCCCCCCCCC1=NCC[N+]1(CC)CCO. The van der Waals surface area contributed by atoms with Gasteiger partial charge in [0.1, 0.15) is 13.1 Å². The highest BCUT2D eigenvalue weighted by atomic mass is 16.3. The topological polar surface area (TPSA) is 32.6 Å². The fraction of sp³-hybridized carbons (Fsp3) is 0.875. The van der Waals surface area contributed by atoms with Gasteiger partial charge < -0.3 is 5.11 Å². The van der Waals surface area contributed by atoms with E-state index in [4.69, 9.17) is 4.99 Å². The molecule has 1 rings (SSSR count). The molecule has 0 saturated heterocycles. The van der Waals surface area contributed by atoms with Crippen LogP contribution in [0.15, 0.2) is 17.1 Å². The van der Waals surface area contributed by atoms with Crippen LogP contribution in [0.4, 0.5) is 0 Å². The molecule has 3 nitrogen and oxygen atoms in total. The fourth-order valence-electron chi connectivity index (χ4n) is 4.24. The second-order valence-corrected chi connectivity index (χ2v) is 8.26. The Bertz CT molecular complexity index is 405. The number of quaternary nitrogens is 1. The monoisotopic (exact) mass is 379 g/mol. The number of aliphatic hydroxyl groups is 1. The lowest BCUT2D eigenvalue weighted by atomic mass is 10.0. The molecular weight excluding hydrogens is 332 g/mol. The lowest BCUT2D eigenvalue weighted by Gasteiger charge is -2.33. The highest BCUT2D eigenvalue weighted by Crippen LogP contribution is 2.20. The first-order valence-electron chi connectivity index (χ1n) is 11.9. The van der Waals surface area contributed by atoms with E-state index in [2.05, 4.69) is 26.0 Å². The molecule has 1 aliphatic rings. The number of rotatable bonds is 18. The molecule has 1 aliphatic heterocycles.